The maximum absolute atomic E-state index is 11.9. The Labute approximate surface area is 150 Å². The summed E-state index contributed by atoms with van der Waals surface area (Å²) in [6.07, 6.45) is 5.37. The number of methoxy groups -OCH3 is 2. The van der Waals surface area contributed by atoms with Crippen LogP contribution in [0.5, 0.6) is 11.5 Å². The van der Waals surface area contributed by atoms with Gasteiger partial charge in [-0.05, 0) is 42.2 Å². The van der Waals surface area contributed by atoms with E-state index in [0.717, 1.165) is 15.6 Å². The van der Waals surface area contributed by atoms with Gasteiger partial charge < -0.3 is 14.8 Å². The van der Waals surface area contributed by atoms with E-state index < -0.39 is 0 Å². The fourth-order valence-corrected chi connectivity index (χ4v) is 2.84. The van der Waals surface area contributed by atoms with Gasteiger partial charge in [0.05, 0.1) is 14.2 Å². The molecular formula is C18H21BrN2O3. The van der Waals surface area contributed by atoms with E-state index in [1.165, 1.54) is 0 Å². The molecule has 0 radical (unpaired) electrons. The van der Waals surface area contributed by atoms with Crippen LogP contribution in [0.1, 0.15) is 17.5 Å². The minimum Gasteiger partial charge on any atom is -0.493 e. The highest BCUT2D eigenvalue weighted by Crippen LogP contribution is 2.33. The van der Waals surface area contributed by atoms with Gasteiger partial charge >= 0.3 is 0 Å². The van der Waals surface area contributed by atoms with Gasteiger partial charge in [0, 0.05) is 29.8 Å². The van der Waals surface area contributed by atoms with Gasteiger partial charge in [-0.3, -0.25) is 9.78 Å². The number of ether oxygens (including phenoxy) is 2. The molecule has 0 unspecified atom stereocenters. The number of benzene rings is 1. The van der Waals surface area contributed by atoms with Crippen LogP contribution < -0.4 is 14.8 Å². The molecule has 5 nitrogen and oxygen atoms in total. The number of rotatable bonds is 8. The molecule has 0 saturated heterocycles. The zero-order valence-electron chi connectivity index (χ0n) is 13.8. The van der Waals surface area contributed by atoms with Gasteiger partial charge in [-0.2, -0.15) is 0 Å². The molecule has 1 heterocycles. The van der Waals surface area contributed by atoms with Crippen molar-refractivity contribution in [1.29, 1.82) is 0 Å². The first kappa shape index (κ1) is 18.3. The van der Waals surface area contributed by atoms with Crippen LogP contribution in [0.4, 0.5) is 0 Å². The molecule has 128 valence electrons. The minimum atomic E-state index is 0.0375. The van der Waals surface area contributed by atoms with Crippen molar-refractivity contribution >= 4 is 21.8 Å². The first-order chi connectivity index (χ1) is 11.6. The summed E-state index contributed by atoms with van der Waals surface area (Å²) >= 11 is 3.52. The summed E-state index contributed by atoms with van der Waals surface area (Å²) in [5, 5.41) is 2.94. The smallest absolute Gasteiger partial charge is 0.220 e. The maximum Gasteiger partial charge on any atom is 0.220 e. The summed E-state index contributed by atoms with van der Waals surface area (Å²) in [6.45, 7) is 0.569. The van der Waals surface area contributed by atoms with Crippen molar-refractivity contribution in [2.75, 3.05) is 20.8 Å². The number of aryl methyl sites for hydroxylation is 1. The Kier molecular flexibility index (Phi) is 7.06. The number of nitrogens with zero attached hydrogens (tertiary/aromatic N) is 1. The van der Waals surface area contributed by atoms with Crippen LogP contribution in [0.25, 0.3) is 0 Å². The first-order valence-electron chi connectivity index (χ1n) is 7.70. The van der Waals surface area contributed by atoms with Crippen molar-refractivity contribution in [3.63, 3.8) is 0 Å². The van der Waals surface area contributed by atoms with E-state index in [2.05, 4.69) is 26.2 Å². The predicted octanol–water partition coefficient (Wildman–Crippen LogP) is 3.15. The third-order valence-corrected chi connectivity index (χ3v) is 4.37. The fourth-order valence-electron chi connectivity index (χ4n) is 2.32. The van der Waals surface area contributed by atoms with E-state index in [-0.39, 0.29) is 5.91 Å². The Morgan fingerprint density at radius 3 is 2.62 bits per heavy atom. The lowest BCUT2D eigenvalue weighted by Gasteiger charge is -2.12. The number of hydrogen-bond acceptors (Lipinski definition) is 4. The highest BCUT2D eigenvalue weighted by Gasteiger charge is 2.10. The van der Waals surface area contributed by atoms with Crippen molar-refractivity contribution < 1.29 is 14.3 Å². The molecular weight excluding hydrogens is 372 g/mol. The molecule has 0 aliphatic rings. The van der Waals surface area contributed by atoms with Gasteiger partial charge in [0.2, 0.25) is 5.91 Å². The fraction of sp³-hybridized carbons (Fsp3) is 0.333. The second kappa shape index (κ2) is 9.27. The molecule has 24 heavy (non-hydrogen) atoms. The Balaban J connectivity index is 1.82. The number of halogens is 1. The number of aromatic nitrogens is 1. The van der Waals surface area contributed by atoms with Crippen LogP contribution >= 0.6 is 15.9 Å². The minimum absolute atomic E-state index is 0.0375. The van der Waals surface area contributed by atoms with Crippen molar-refractivity contribution in [1.82, 2.24) is 10.3 Å². The van der Waals surface area contributed by atoms with E-state index in [9.17, 15) is 4.79 Å². The molecule has 1 amide bonds. The Bertz CT molecular complexity index is 677. The lowest BCUT2D eigenvalue weighted by atomic mass is 10.1. The average Bonchev–Trinajstić information content (AvgIpc) is 2.61. The lowest BCUT2D eigenvalue weighted by molar-refractivity contribution is -0.121. The number of hydrogen-bond donors (Lipinski definition) is 1. The highest BCUT2D eigenvalue weighted by atomic mass is 79.9. The van der Waals surface area contributed by atoms with E-state index >= 15 is 0 Å². The zero-order valence-corrected chi connectivity index (χ0v) is 15.4. The van der Waals surface area contributed by atoms with E-state index in [1.54, 1.807) is 26.6 Å². The van der Waals surface area contributed by atoms with Crippen LogP contribution in [0.15, 0.2) is 41.1 Å². The molecule has 0 atom stereocenters. The molecule has 1 N–H and O–H groups in total. The van der Waals surface area contributed by atoms with Crippen LogP contribution in [-0.2, 0) is 17.6 Å². The SMILES string of the molecule is COc1cc(Br)c(CCNC(=O)CCc2cccnc2)cc1OC. The van der Waals surface area contributed by atoms with Crippen molar-refractivity contribution in [3.05, 3.63) is 52.3 Å². The molecule has 0 fully saturated rings. The summed E-state index contributed by atoms with van der Waals surface area (Å²) < 4.78 is 11.5. The number of pyridine rings is 1. The third-order valence-electron chi connectivity index (χ3n) is 3.63. The van der Waals surface area contributed by atoms with Gasteiger partial charge in [-0.1, -0.05) is 22.0 Å². The van der Waals surface area contributed by atoms with Crippen LogP contribution in [0.2, 0.25) is 0 Å². The van der Waals surface area contributed by atoms with Crippen LogP contribution in [0.3, 0.4) is 0 Å². The molecule has 1 aromatic carbocycles. The van der Waals surface area contributed by atoms with Crippen LogP contribution in [-0.4, -0.2) is 31.7 Å². The van der Waals surface area contributed by atoms with Gasteiger partial charge in [-0.15, -0.1) is 0 Å². The van der Waals surface area contributed by atoms with Crippen molar-refractivity contribution in [2.24, 2.45) is 0 Å². The quantitative estimate of drug-likeness (QED) is 0.749. The molecule has 0 bridgehead atoms. The number of nitrogens with one attached hydrogen (secondary N) is 1. The molecule has 2 rings (SSSR count). The lowest BCUT2D eigenvalue weighted by Crippen LogP contribution is -2.26. The number of amides is 1. The summed E-state index contributed by atoms with van der Waals surface area (Å²) in [5.74, 6) is 1.39. The van der Waals surface area contributed by atoms with E-state index in [4.69, 9.17) is 9.47 Å². The Hall–Kier alpha value is -2.08. The molecule has 2 aromatic rings. The van der Waals surface area contributed by atoms with E-state index in [0.29, 0.717) is 37.3 Å². The normalized spacial score (nSPS) is 10.3. The first-order valence-corrected chi connectivity index (χ1v) is 8.49. The van der Waals surface area contributed by atoms with Crippen LogP contribution in [0, 0.1) is 0 Å². The predicted molar refractivity (Wildman–Crippen MR) is 96.5 cm³/mol. The number of carbonyl (C=O) groups is 1. The molecule has 1 aromatic heterocycles. The average molecular weight is 393 g/mol. The van der Waals surface area contributed by atoms with Gasteiger partial charge in [-0.25, -0.2) is 0 Å². The summed E-state index contributed by atoms with van der Waals surface area (Å²) in [7, 11) is 3.21. The molecule has 0 aliphatic carbocycles. The standard InChI is InChI=1S/C18H21BrN2O3/c1-23-16-10-14(15(19)11-17(16)24-2)7-9-21-18(22)6-5-13-4-3-8-20-12-13/h3-4,8,10-12H,5-7,9H2,1-2H3,(H,21,22). The van der Waals surface area contributed by atoms with Gasteiger partial charge in [0.25, 0.3) is 0 Å². The number of carbonyl (C=O) groups excluding carboxylic acids is 1. The van der Waals surface area contributed by atoms with Gasteiger partial charge in [0.15, 0.2) is 11.5 Å². The van der Waals surface area contributed by atoms with Gasteiger partial charge in [0.1, 0.15) is 0 Å². The second-order valence-electron chi connectivity index (χ2n) is 5.26. The Morgan fingerprint density at radius 1 is 1.21 bits per heavy atom. The topological polar surface area (TPSA) is 60.5 Å². The molecule has 6 heteroatoms. The molecule has 0 saturated carbocycles. The summed E-state index contributed by atoms with van der Waals surface area (Å²) in [5.41, 5.74) is 2.12. The second-order valence-corrected chi connectivity index (χ2v) is 6.11. The van der Waals surface area contributed by atoms with E-state index in [1.807, 2.05) is 24.3 Å². The zero-order chi connectivity index (χ0) is 17.4. The Morgan fingerprint density at radius 2 is 1.96 bits per heavy atom. The summed E-state index contributed by atoms with van der Waals surface area (Å²) in [4.78, 5) is 16.0. The highest BCUT2D eigenvalue weighted by molar-refractivity contribution is 9.10. The maximum atomic E-state index is 11.9. The monoisotopic (exact) mass is 392 g/mol. The largest absolute Gasteiger partial charge is 0.493 e. The summed E-state index contributed by atoms with van der Waals surface area (Å²) in [6, 6.07) is 7.64. The molecule has 0 spiro atoms. The van der Waals surface area contributed by atoms with Crippen molar-refractivity contribution in [3.8, 4) is 11.5 Å². The van der Waals surface area contributed by atoms with Crippen molar-refractivity contribution in [2.45, 2.75) is 19.3 Å². The third kappa shape index (κ3) is 5.23. The molecule has 0 aliphatic heterocycles.